The van der Waals surface area contributed by atoms with Gasteiger partial charge >= 0.3 is 0 Å². The van der Waals surface area contributed by atoms with Crippen molar-refractivity contribution in [1.29, 1.82) is 0 Å². The van der Waals surface area contributed by atoms with Crippen molar-refractivity contribution < 1.29 is 14.3 Å². The van der Waals surface area contributed by atoms with Gasteiger partial charge < -0.3 is 14.5 Å². The van der Waals surface area contributed by atoms with Crippen molar-refractivity contribution in [1.82, 2.24) is 9.80 Å². The van der Waals surface area contributed by atoms with E-state index in [-0.39, 0.29) is 11.8 Å². The molecule has 0 radical (unpaired) electrons. The van der Waals surface area contributed by atoms with Gasteiger partial charge in [-0.1, -0.05) is 12.8 Å². The fraction of sp³-hybridized carbons (Fsp3) is 0.882. The van der Waals surface area contributed by atoms with Crippen molar-refractivity contribution in [3.05, 3.63) is 0 Å². The first-order valence-corrected chi connectivity index (χ1v) is 8.78. The summed E-state index contributed by atoms with van der Waals surface area (Å²) in [6.45, 7) is 2.35. The van der Waals surface area contributed by atoms with Crippen LogP contribution >= 0.6 is 0 Å². The summed E-state index contributed by atoms with van der Waals surface area (Å²) in [4.78, 5) is 29.0. The molecule has 1 aliphatic carbocycles. The zero-order valence-electron chi connectivity index (χ0n) is 13.7. The molecule has 1 atom stereocenters. The van der Waals surface area contributed by atoms with Crippen molar-refractivity contribution in [2.75, 3.05) is 33.3 Å². The van der Waals surface area contributed by atoms with Gasteiger partial charge in [0.2, 0.25) is 5.91 Å². The lowest BCUT2D eigenvalue weighted by atomic mass is 9.93. The van der Waals surface area contributed by atoms with E-state index in [1.807, 2.05) is 11.9 Å². The molecule has 0 aromatic rings. The Morgan fingerprint density at radius 3 is 2.77 bits per heavy atom. The van der Waals surface area contributed by atoms with Crippen LogP contribution in [-0.2, 0) is 14.3 Å². The standard InChI is InChI=1S/C17H28N2O3/c1-18-9-5-4-8-17(16(18)21)13-19(10-11-22-17)15(20)12-14-6-2-3-7-14/h14H,2-13H2,1H3. The summed E-state index contributed by atoms with van der Waals surface area (Å²) < 4.78 is 5.93. The third kappa shape index (κ3) is 3.14. The first-order valence-electron chi connectivity index (χ1n) is 8.78. The van der Waals surface area contributed by atoms with Crippen LogP contribution in [0.5, 0.6) is 0 Å². The Hall–Kier alpha value is -1.10. The third-order valence-electron chi connectivity index (χ3n) is 5.54. The van der Waals surface area contributed by atoms with Crippen LogP contribution in [0.25, 0.3) is 0 Å². The van der Waals surface area contributed by atoms with Gasteiger partial charge in [0.25, 0.3) is 5.91 Å². The quantitative estimate of drug-likeness (QED) is 0.782. The highest BCUT2D eigenvalue weighted by Gasteiger charge is 2.47. The predicted molar refractivity (Wildman–Crippen MR) is 83.3 cm³/mol. The van der Waals surface area contributed by atoms with Crippen LogP contribution < -0.4 is 0 Å². The van der Waals surface area contributed by atoms with Crippen molar-refractivity contribution in [3.63, 3.8) is 0 Å². The maximum atomic E-state index is 12.7. The van der Waals surface area contributed by atoms with Crippen molar-refractivity contribution in [3.8, 4) is 0 Å². The Labute approximate surface area is 133 Å². The van der Waals surface area contributed by atoms with E-state index in [1.54, 1.807) is 4.90 Å². The van der Waals surface area contributed by atoms with E-state index in [2.05, 4.69) is 0 Å². The minimum Gasteiger partial charge on any atom is -0.361 e. The zero-order chi connectivity index (χ0) is 15.6. The van der Waals surface area contributed by atoms with Gasteiger partial charge in [0, 0.05) is 26.6 Å². The van der Waals surface area contributed by atoms with E-state index in [0.29, 0.717) is 32.0 Å². The smallest absolute Gasteiger partial charge is 0.256 e. The molecule has 1 spiro atoms. The van der Waals surface area contributed by atoms with Gasteiger partial charge in [0.1, 0.15) is 0 Å². The van der Waals surface area contributed by atoms with Crippen LogP contribution in [0.3, 0.4) is 0 Å². The molecule has 3 aliphatic rings. The average molecular weight is 308 g/mol. The van der Waals surface area contributed by atoms with Crippen LogP contribution in [0.4, 0.5) is 0 Å². The van der Waals surface area contributed by atoms with Crippen LogP contribution in [-0.4, -0.2) is 60.5 Å². The molecule has 3 fully saturated rings. The number of morpholine rings is 1. The summed E-state index contributed by atoms with van der Waals surface area (Å²) >= 11 is 0. The minimum atomic E-state index is -0.783. The van der Waals surface area contributed by atoms with Gasteiger partial charge in [-0.3, -0.25) is 9.59 Å². The zero-order valence-corrected chi connectivity index (χ0v) is 13.7. The summed E-state index contributed by atoms with van der Waals surface area (Å²) in [6.07, 6.45) is 8.28. The van der Waals surface area contributed by atoms with E-state index in [4.69, 9.17) is 4.74 Å². The molecule has 1 unspecified atom stereocenters. The number of hydrogen-bond acceptors (Lipinski definition) is 3. The Morgan fingerprint density at radius 1 is 1.23 bits per heavy atom. The molecule has 0 aromatic carbocycles. The molecule has 2 saturated heterocycles. The third-order valence-corrected chi connectivity index (χ3v) is 5.54. The minimum absolute atomic E-state index is 0.0587. The number of likely N-dealkylation sites (tertiary alicyclic amines) is 1. The molecule has 124 valence electrons. The lowest BCUT2D eigenvalue weighted by molar-refractivity contribution is -0.173. The largest absolute Gasteiger partial charge is 0.361 e. The number of nitrogens with zero attached hydrogens (tertiary/aromatic N) is 2. The van der Waals surface area contributed by atoms with E-state index in [0.717, 1.165) is 25.8 Å². The molecule has 5 nitrogen and oxygen atoms in total. The van der Waals surface area contributed by atoms with Crippen molar-refractivity contribution in [2.24, 2.45) is 5.92 Å². The van der Waals surface area contributed by atoms with Crippen molar-refractivity contribution in [2.45, 2.75) is 57.0 Å². The molecule has 0 aromatic heterocycles. The summed E-state index contributed by atoms with van der Waals surface area (Å²) in [7, 11) is 1.85. The Bertz CT molecular complexity index is 434. The molecular weight excluding hydrogens is 280 g/mol. The van der Waals surface area contributed by atoms with E-state index in [1.165, 1.54) is 25.7 Å². The molecule has 2 aliphatic heterocycles. The Kier molecular flexibility index (Phi) is 4.71. The van der Waals surface area contributed by atoms with E-state index < -0.39 is 5.60 Å². The number of amides is 2. The predicted octanol–water partition coefficient (Wildman–Crippen LogP) is 1.81. The van der Waals surface area contributed by atoms with Crippen LogP contribution in [0.2, 0.25) is 0 Å². The van der Waals surface area contributed by atoms with Crippen LogP contribution in [0.1, 0.15) is 51.4 Å². The van der Waals surface area contributed by atoms with E-state index >= 15 is 0 Å². The highest BCUT2D eigenvalue weighted by atomic mass is 16.5. The highest BCUT2D eigenvalue weighted by molar-refractivity contribution is 5.87. The molecule has 2 amide bonds. The summed E-state index contributed by atoms with van der Waals surface area (Å²) in [6, 6.07) is 0. The maximum Gasteiger partial charge on any atom is 0.256 e. The van der Waals surface area contributed by atoms with Gasteiger partial charge in [-0.25, -0.2) is 0 Å². The lowest BCUT2D eigenvalue weighted by Gasteiger charge is -2.42. The number of likely N-dealkylation sites (N-methyl/N-ethyl adjacent to an activating group) is 1. The second-order valence-electron chi connectivity index (χ2n) is 7.20. The first-order chi connectivity index (χ1) is 10.6. The Morgan fingerprint density at radius 2 is 2.00 bits per heavy atom. The summed E-state index contributed by atoms with van der Waals surface area (Å²) in [5.41, 5.74) is -0.783. The molecule has 2 heterocycles. The van der Waals surface area contributed by atoms with Crippen LogP contribution in [0, 0.1) is 5.92 Å². The summed E-state index contributed by atoms with van der Waals surface area (Å²) in [5, 5.41) is 0. The van der Waals surface area contributed by atoms with E-state index in [9.17, 15) is 9.59 Å². The first kappa shape index (κ1) is 15.8. The monoisotopic (exact) mass is 308 g/mol. The molecule has 0 bridgehead atoms. The molecule has 0 N–H and O–H groups in total. The second-order valence-corrected chi connectivity index (χ2v) is 7.20. The normalized spacial score (nSPS) is 30.9. The van der Waals surface area contributed by atoms with Gasteiger partial charge in [0.15, 0.2) is 5.60 Å². The highest BCUT2D eigenvalue weighted by Crippen LogP contribution is 2.32. The number of carbonyl (C=O) groups excluding carboxylic acids is 2. The SMILES string of the molecule is CN1CCCCC2(CN(C(=O)CC3CCCC3)CCO2)C1=O. The second kappa shape index (κ2) is 6.57. The number of hydrogen-bond donors (Lipinski definition) is 0. The molecule has 1 saturated carbocycles. The fourth-order valence-electron chi connectivity index (χ4n) is 4.18. The van der Waals surface area contributed by atoms with Gasteiger partial charge in [-0.2, -0.15) is 0 Å². The molecule has 3 rings (SSSR count). The topological polar surface area (TPSA) is 49.9 Å². The molecule has 22 heavy (non-hydrogen) atoms. The lowest BCUT2D eigenvalue weighted by Crippen LogP contribution is -2.60. The molecular formula is C17H28N2O3. The Balaban J connectivity index is 1.67. The van der Waals surface area contributed by atoms with Crippen molar-refractivity contribution >= 4 is 11.8 Å². The average Bonchev–Trinajstić information content (AvgIpc) is 2.99. The number of carbonyl (C=O) groups is 2. The summed E-state index contributed by atoms with van der Waals surface area (Å²) in [5.74, 6) is 0.830. The van der Waals surface area contributed by atoms with Gasteiger partial charge in [-0.15, -0.1) is 0 Å². The number of ether oxygens (including phenoxy) is 1. The fourth-order valence-corrected chi connectivity index (χ4v) is 4.18. The number of rotatable bonds is 2. The van der Waals surface area contributed by atoms with Crippen LogP contribution in [0.15, 0.2) is 0 Å². The maximum absolute atomic E-state index is 12.7. The molecule has 5 heteroatoms. The van der Waals surface area contributed by atoms with Gasteiger partial charge in [0.05, 0.1) is 13.2 Å². The van der Waals surface area contributed by atoms with Gasteiger partial charge in [-0.05, 0) is 38.0 Å².